The minimum absolute atomic E-state index is 0.0542. The minimum atomic E-state index is -0.0542. The van der Waals surface area contributed by atoms with Crippen molar-refractivity contribution in [2.45, 2.75) is 33.0 Å². The van der Waals surface area contributed by atoms with Crippen molar-refractivity contribution in [2.75, 3.05) is 0 Å². The first-order valence-corrected chi connectivity index (χ1v) is 7.08. The molecule has 0 aliphatic heterocycles. The summed E-state index contributed by atoms with van der Waals surface area (Å²) in [4.78, 5) is 0. The van der Waals surface area contributed by atoms with Gasteiger partial charge in [0.2, 0.25) is 0 Å². The van der Waals surface area contributed by atoms with Gasteiger partial charge in [-0.2, -0.15) is 5.10 Å². The molecule has 2 aromatic rings. The third kappa shape index (κ3) is 3.58. The van der Waals surface area contributed by atoms with Crippen LogP contribution in [0.5, 0.6) is 5.75 Å². The molecule has 1 aromatic carbocycles. The van der Waals surface area contributed by atoms with Gasteiger partial charge in [0.15, 0.2) is 0 Å². The molecule has 0 saturated heterocycles. The van der Waals surface area contributed by atoms with Crippen molar-refractivity contribution >= 4 is 15.9 Å². The molecular weight excluding hydrogens is 306 g/mol. The molecule has 1 unspecified atom stereocenters. The Morgan fingerprint density at radius 2 is 2.26 bits per heavy atom. The number of benzene rings is 1. The fraction of sp³-hybridized carbons (Fsp3) is 0.357. The van der Waals surface area contributed by atoms with Crippen molar-refractivity contribution in [3.05, 3.63) is 46.2 Å². The van der Waals surface area contributed by atoms with E-state index in [2.05, 4.69) is 28.0 Å². The van der Waals surface area contributed by atoms with Crippen LogP contribution in [0, 0.1) is 0 Å². The molecule has 4 nitrogen and oxygen atoms in total. The second kappa shape index (κ2) is 6.21. The van der Waals surface area contributed by atoms with Gasteiger partial charge in [0.1, 0.15) is 12.4 Å². The Balaban J connectivity index is 2.12. The number of hydrogen-bond donors (Lipinski definition) is 1. The summed E-state index contributed by atoms with van der Waals surface area (Å²) in [5.74, 6) is 0.814. The molecule has 0 aliphatic rings. The zero-order chi connectivity index (χ0) is 13.8. The van der Waals surface area contributed by atoms with Crippen molar-refractivity contribution in [1.29, 1.82) is 0 Å². The highest BCUT2D eigenvalue weighted by Gasteiger charge is 2.09. The molecule has 0 aliphatic carbocycles. The summed E-state index contributed by atoms with van der Waals surface area (Å²) >= 11 is 3.45. The van der Waals surface area contributed by atoms with E-state index >= 15 is 0 Å². The number of nitrogens with zero attached hydrogens (tertiary/aromatic N) is 2. The maximum absolute atomic E-state index is 5.95. The summed E-state index contributed by atoms with van der Waals surface area (Å²) in [6.45, 7) is 5.36. The van der Waals surface area contributed by atoms with E-state index in [9.17, 15) is 0 Å². The van der Waals surface area contributed by atoms with Gasteiger partial charge in [0, 0.05) is 34.4 Å². The zero-order valence-corrected chi connectivity index (χ0v) is 12.7. The molecule has 5 heteroatoms. The quantitative estimate of drug-likeness (QED) is 0.918. The van der Waals surface area contributed by atoms with Gasteiger partial charge in [-0.3, -0.25) is 4.68 Å². The summed E-state index contributed by atoms with van der Waals surface area (Å²) in [7, 11) is 0. The Morgan fingerprint density at radius 3 is 2.89 bits per heavy atom. The van der Waals surface area contributed by atoms with Crippen LogP contribution in [-0.4, -0.2) is 9.78 Å². The van der Waals surface area contributed by atoms with Gasteiger partial charge >= 0.3 is 0 Å². The van der Waals surface area contributed by atoms with Crippen molar-refractivity contribution in [1.82, 2.24) is 9.78 Å². The van der Waals surface area contributed by atoms with E-state index in [1.54, 1.807) is 0 Å². The first-order valence-electron chi connectivity index (χ1n) is 6.29. The van der Waals surface area contributed by atoms with Crippen molar-refractivity contribution in [3.63, 3.8) is 0 Å². The Bertz CT molecular complexity index is 551. The zero-order valence-electron chi connectivity index (χ0n) is 11.1. The molecule has 1 heterocycles. The second-order valence-electron chi connectivity index (χ2n) is 4.46. The van der Waals surface area contributed by atoms with Crippen LogP contribution >= 0.6 is 15.9 Å². The Hall–Kier alpha value is -1.33. The Kier molecular flexibility index (Phi) is 4.61. The average molecular weight is 324 g/mol. The van der Waals surface area contributed by atoms with Crippen LogP contribution < -0.4 is 10.5 Å². The minimum Gasteiger partial charge on any atom is -0.488 e. The maximum Gasteiger partial charge on any atom is 0.125 e. The lowest BCUT2D eigenvalue weighted by atomic mass is 10.1. The largest absolute Gasteiger partial charge is 0.488 e. The summed E-state index contributed by atoms with van der Waals surface area (Å²) in [5, 5.41) is 4.22. The molecule has 1 atom stereocenters. The first kappa shape index (κ1) is 14.1. The SMILES string of the molecule is CCn1cc(COc2cc(Br)ccc2C(C)N)cn1. The number of rotatable bonds is 5. The average Bonchev–Trinajstić information content (AvgIpc) is 2.84. The van der Waals surface area contributed by atoms with Crippen LogP contribution in [0.3, 0.4) is 0 Å². The summed E-state index contributed by atoms with van der Waals surface area (Å²) in [6.07, 6.45) is 3.82. The van der Waals surface area contributed by atoms with Crippen molar-refractivity contribution in [2.24, 2.45) is 5.73 Å². The normalized spacial score (nSPS) is 12.4. The molecule has 0 fully saturated rings. The second-order valence-corrected chi connectivity index (χ2v) is 5.38. The van der Waals surface area contributed by atoms with Gasteiger partial charge in [-0.05, 0) is 26.0 Å². The highest BCUT2D eigenvalue weighted by Crippen LogP contribution is 2.28. The summed E-state index contributed by atoms with van der Waals surface area (Å²) in [5.41, 5.74) is 8.01. The topological polar surface area (TPSA) is 53.1 Å². The standard InChI is InChI=1S/C14H18BrN3O/c1-3-18-8-11(7-17-18)9-19-14-6-12(15)4-5-13(14)10(2)16/h4-8,10H,3,9,16H2,1-2H3. The van der Waals surface area contributed by atoms with Gasteiger partial charge < -0.3 is 10.5 Å². The van der Waals surface area contributed by atoms with E-state index in [-0.39, 0.29) is 6.04 Å². The monoisotopic (exact) mass is 323 g/mol. The lowest BCUT2D eigenvalue weighted by Gasteiger charge is -2.14. The van der Waals surface area contributed by atoms with Crippen LogP contribution in [0.2, 0.25) is 0 Å². The number of halogens is 1. The lowest BCUT2D eigenvalue weighted by Crippen LogP contribution is -2.08. The predicted molar refractivity (Wildman–Crippen MR) is 79.0 cm³/mol. The van der Waals surface area contributed by atoms with Gasteiger partial charge in [-0.1, -0.05) is 22.0 Å². The van der Waals surface area contributed by atoms with Gasteiger partial charge in [0.25, 0.3) is 0 Å². The molecule has 0 bridgehead atoms. The van der Waals surface area contributed by atoms with Crippen LogP contribution in [0.4, 0.5) is 0 Å². The first-order chi connectivity index (χ1) is 9.10. The van der Waals surface area contributed by atoms with E-state index in [1.165, 1.54) is 0 Å². The highest BCUT2D eigenvalue weighted by molar-refractivity contribution is 9.10. The fourth-order valence-corrected chi connectivity index (χ4v) is 2.16. The van der Waals surface area contributed by atoms with E-state index in [0.29, 0.717) is 6.61 Å². The molecule has 0 amide bonds. The number of hydrogen-bond acceptors (Lipinski definition) is 3. The number of aryl methyl sites for hydroxylation is 1. The van der Waals surface area contributed by atoms with Crippen LogP contribution in [0.1, 0.15) is 31.0 Å². The molecule has 2 rings (SSSR count). The molecule has 0 spiro atoms. The maximum atomic E-state index is 5.95. The van der Waals surface area contributed by atoms with E-state index < -0.39 is 0 Å². The molecule has 102 valence electrons. The summed E-state index contributed by atoms with van der Waals surface area (Å²) in [6, 6.07) is 5.85. The third-order valence-corrected chi connectivity index (χ3v) is 3.36. The van der Waals surface area contributed by atoms with Gasteiger partial charge in [-0.15, -0.1) is 0 Å². The molecule has 1 aromatic heterocycles. The Labute approximate surface area is 121 Å². The number of nitrogens with two attached hydrogens (primary N) is 1. The molecular formula is C14H18BrN3O. The number of ether oxygens (including phenoxy) is 1. The highest BCUT2D eigenvalue weighted by atomic mass is 79.9. The fourth-order valence-electron chi connectivity index (χ4n) is 1.82. The van der Waals surface area contributed by atoms with E-state index in [4.69, 9.17) is 10.5 Å². The van der Waals surface area contributed by atoms with E-state index in [1.807, 2.05) is 42.2 Å². The Morgan fingerprint density at radius 1 is 1.47 bits per heavy atom. The van der Waals surface area contributed by atoms with Crippen LogP contribution in [0.25, 0.3) is 0 Å². The third-order valence-electron chi connectivity index (χ3n) is 2.87. The molecule has 0 radical (unpaired) electrons. The molecule has 2 N–H and O–H groups in total. The smallest absolute Gasteiger partial charge is 0.125 e. The van der Waals surface area contributed by atoms with Crippen LogP contribution in [0.15, 0.2) is 35.1 Å². The summed E-state index contributed by atoms with van der Waals surface area (Å²) < 4.78 is 8.72. The van der Waals surface area contributed by atoms with Crippen molar-refractivity contribution in [3.8, 4) is 5.75 Å². The van der Waals surface area contributed by atoms with Gasteiger partial charge in [-0.25, -0.2) is 0 Å². The van der Waals surface area contributed by atoms with E-state index in [0.717, 1.165) is 27.9 Å². The molecule has 19 heavy (non-hydrogen) atoms. The predicted octanol–water partition coefficient (Wildman–Crippen LogP) is 3.26. The molecule has 0 saturated carbocycles. The lowest BCUT2D eigenvalue weighted by molar-refractivity contribution is 0.301. The number of aromatic nitrogens is 2. The van der Waals surface area contributed by atoms with Gasteiger partial charge in [0.05, 0.1) is 6.20 Å². The van der Waals surface area contributed by atoms with Crippen molar-refractivity contribution < 1.29 is 4.74 Å². The van der Waals surface area contributed by atoms with Crippen LogP contribution in [-0.2, 0) is 13.2 Å².